The number of nitrogens with zero attached hydrogens (tertiary/aromatic N) is 5. The van der Waals surface area contributed by atoms with Gasteiger partial charge in [-0.25, -0.2) is 4.98 Å². The van der Waals surface area contributed by atoms with Crippen LogP contribution in [0, 0.1) is 0 Å². The van der Waals surface area contributed by atoms with Crippen LogP contribution in [0.3, 0.4) is 0 Å². The summed E-state index contributed by atoms with van der Waals surface area (Å²) in [4.78, 5) is 21.9. The van der Waals surface area contributed by atoms with Crippen molar-refractivity contribution in [3.8, 4) is 0 Å². The Balaban J connectivity index is 1.65. The first kappa shape index (κ1) is 19.5. The topological polar surface area (TPSA) is 116 Å². The normalized spacial score (nSPS) is 16.5. The van der Waals surface area contributed by atoms with E-state index in [0.717, 1.165) is 5.56 Å². The highest BCUT2D eigenvalue weighted by Gasteiger charge is 2.34. The van der Waals surface area contributed by atoms with Crippen molar-refractivity contribution in [2.45, 2.75) is 24.9 Å². The first-order valence-corrected chi connectivity index (χ1v) is 9.31. The maximum absolute atomic E-state index is 13.2. The molecule has 3 heterocycles. The molecule has 0 unspecified atom stereocenters. The summed E-state index contributed by atoms with van der Waals surface area (Å²) in [6.07, 6.45) is 1.29. The average molecular weight is 422 g/mol. The molecule has 0 bridgehead atoms. The summed E-state index contributed by atoms with van der Waals surface area (Å²) in [7, 11) is 0. The lowest BCUT2D eigenvalue weighted by Gasteiger charge is -2.39. The lowest BCUT2D eigenvalue weighted by atomic mass is 9.82. The van der Waals surface area contributed by atoms with Gasteiger partial charge in [-0.3, -0.25) is 4.79 Å². The predicted molar refractivity (Wildman–Crippen MR) is 104 cm³/mol. The van der Waals surface area contributed by atoms with Gasteiger partial charge in [0.15, 0.2) is 5.65 Å². The van der Waals surface area contributed by atoms with Crippen LogP contribution in [0.2, 0.25) is 5.15 Å². The fourth-order valence-corrected chi connectivity index (χ4v) is 3.89. The van der Waals surface area contributed by atoms with Crippen LogP contribution < -0.4 is 16.4 Å². The summed E-state index contributed by atoms with van der Waals surface area (Å²) in [5.41, 5.74) is 11.8. The van der Waals surface area contributed by atoms with Gasteiger partial charge < -0.3 is 16.4 Å². The Morgan fingerprint density at radius 1 is 1.17 bits per heavy atom. The molecule has 4 N–H and O–H groups in total. The summed E-state index contributed by atoms with van der Waals surface area (Å²) < 4.78 is 26.7. The highest BCUT2D eigenvalue weighted by Crippen LogP contribution is 2.33. The average Bonchev–Trinajstić information content (AvgIpc) is 3.10. The second-order valence-electron chi connectivity index (χ2n) is 6.96. The van der Waals surface area contributed by atoms with E-state index >= 15 is 0 Å². The van der Waals surface area contributed by atoms with Crippen LogP contribution in [0.25, 0.3) is 11.0 Å². The van der Waals surface area contributed by atoms with E-state index < -0.39 is 23.7 Å². The van der Waals surface area contributed by atoms with E-state index in [-0.39, 0.29) is 26.8 Å². The number of carbonyl (C=O) groups is 1. The second-order valence-corrected chi connectivity index (χ2v) is 7.32. The standard InChI is InChI=1S/C18H18ClF2N7O/c19-13-11-12(14(22)29)28(16(20)21)26-15(11)25-17(24-13)27-8-6-18(23,7-9-27)10-4-2-1-3-5-10/h1-5,16H,6-9,23H2,(H2,22,29). The van der Waals surface area contributed by atoms with Crippen LogP contribution >= 0.6 is 11.6 Å². The van der Waals surface area contributed by atoms with Crippen LogP contribution in [0.4, 0.5) is 14.7 Å². The molecule has 0 saturated carbocycles. The molecule has 1 aliphatic heterocycles. The molecule has 1 amide bonds. The molecular formula is C18H18ClF2N7O. The summed E-state index contributed by atoms with van der Waals surface area (Å²) in [5, 5.41) is 3.47. The first-order chi connectivity index (χ1) is 13.8. The van der Waals surface area contributed by atoms with Crippen LogP contribution in [0.15, 0.2) is 30.3 Å². The number of primary amides is 1. The maximum atomic E-state index is 13.2. The molecule has 0 radical (unpaired) electrons. The van der Waals surface area contributed by atoms with Gasteiger partial charge >= 0.3 is 6.55 Å². The number of amides is 1. The van der Waals surface area contributed by atoms with Gasteiger partial charge in [-0.2, -0.15) is 18.4 Å². The fraction of sp³-hybridized carbons (Fsp3) is 0.333. The van der Waals surface area contributed by atoms with Gasteiger partial charge in [-0.1, -0.05) is 41.9 Å². The summed E-state index contributed by atoms with van der Waals surface area (Å²) in [6.45, 7) is -1.97. The second kappa shape index (κ2) is 7.20. The van der Waals surface area contributed by atoms with E-state index in [1.807, 2.05) is 35.2 Å². The number of halogens is 3. The molecule has 29 heavy (non-hydrogen) atoms. The maximum Gasteiger partial charge on any atom is 0.334 e. The van der Waals surface area contributed by atoms with Crippen LogP contribution in [0.1, 0.15) is 35.4 Å². The molecule has 2 aromatic heterocycles. The number of aromatic nitrogens is 4. The Labute approximate surface area is 169 Å². The lowest BCUT2D eigenvalue weighted by molar-refractivity contribution is 0.0524. The Kier molecular flexibility index (Phi) is 4.83. The van der Waals surface area contributed by atoms with Crippen LogP contribution in [-0.2, 0) is 5.54 Å². The number of carbonyl (C=O) groups excluding carboxylic acids is 1. The summed E-state index contributed by atoms with van der Waals surface area (Å²) >= 11 is 6.19. The molecule has 11 heteroatoms. The number of nitrogens with two attached hydrogens (primary N) is 2. The third-order valence-corrected chi connectivity index (χ3v) is 5.48. The number of benzene rings is 1. The van der Waals surface area contributed by atoms with Gasteiger partial charge in [0.25, 0.3) is 5.91 Å². The van der Waals surface area contributed by atoms with E-state index in [4.69, 9.17) is 23.1 Å². The first-order valence-electron chi connectivity index (χ1n) is 8.93. The Morgan fingerprint density at radius 2 is 1.83 bits per heavy atom. The van der Waals surface area contributed by atoms with Crippen molar-refractivity contribution in [1.82, 2.24) is 19.7 Å². The van der Waals surface area contributed by atoms with Crippen molar-refractivity contribution < 1.29 is 13.6 Å². The largest absolute Gasteiger partial charge is 0.364 e. The molecule has 4 rings (SSSR count). The van der Waals surface area contributed by atoms with Gasteiger partial charge in [0.05, 0.1) is 5.39 Å². The Bertz CT molecular complexity index is 1070. The zero-order valence-corrected chi connectivity index (χ0v) is 16.0. The third kappa shape index (κ3) is 3.38. The molecule has 1 aromatic carbocycles. The lowest BCUT2D eigenvalue weighted by Crippen LogP contribution is -2.48. The minimum Gasteiger partial charge on any atom is -0.364 e. The van der Waals surface area contributed by atoms with Gasteiger partial charge in [-0.05, 0) is 18.4 Å². The molecule has 152 valence electrons. The molecule has 1 saturated heterocycles. The van der Waals surface area contributed by atoms with Crippen molar-refractivity contribution in [2.24, 2.45) is 11.5 Å². The van der Waals surface area contributed by atoms with Crippen molar-refractivity contribution in [3.63, 3.8) is 0 Å². The SMILES string of the molecule is NC(=O)c1c2c(Cl)nc(N3CCC(N)(c4ccccc4)CC3)nc2nn1C(F)F. The smallest absolute Gasteiger partial charge is 0.334 e. The monoisotopic (exact) mass is 421 g/mol. The number of hydrogen-bond acceptors (Lipinski definition) is 6. The highest BCUT2D eigenvalue weighted by atomic mass is 35.5. The van der Waals surface area contributed by atoms with Gasteiger partial charge in [0.2, 0.25) is 5.95 Å². The van der Waals surface area contributed by atoms with Crippen molar-refractivity contribution in [2.75, 3.05) is 18.0 Å². The van der Waals surface area contributed by atoms with Crippen LogP contribution in [0.5, 0.6) is 0 Å². The zero-order valence-electron chi connectivity index (χ0n) is 15.2. The summed E-state index contributed by atoms with van der Waals surface area (Å²) in [5.74, 6) is -0.840. The van der Waals surface area contributed by atoms with Gasteiger partial charge in [0.1, 0.15) is 10.8 Å². The Morgan fingerprint density at radius 3 is 2.41 bits per heavy atom. The minimum atomic E-state index is -3.06. The van der Waals surface area contributed by atoms with Gasteiger partial charge in [-0.15, -0.1) is 5.10 Å². The number of hydrogen-bond donors (Lipinski definition) is 2. The highest BCUT2D eigenvalue weighted by molar-refractivity contribution is 6.35. The number of anilines is 1. The predicted octanol–water partition coefficient (Wildman–Crippen LogP) is 2.43. The molecule has 1 aliphatic rings. The molecule has 0 spiro atoms. The molecule has 1 fully saturated rings. The van der Waals surface area contributed by atoms with E-state index in [9.17, 15) is 13.6 Å². The third-order valence-electron chi connectivity index (χ3n) is 5.21. The fourth-order valence-electron chi connectivity index (χ4n) is 3.64. The molecular weight excluding hydrogens is 404 g/mol. The molecule has 3 aromatic rings. The molecule has 0 aliphatic carbocycles. The van der Waals surface area contributed by atoms with E-state index in [1.54, 1.807) is 0 Å². The number of rotatable bonds is 4. The van der Waals surface area contributed by atoms with Crippen molar-refractivity contribution in [1.29, 1.82) is 0 Å². The van der Waals surface area contributed by atoms with Crippen molar-refractivity contribution >= 4 is 34.5 Å². The quantitative estimate of drug-likeness (QED) is 0.625. The number of piperidine rings is 1. The van der Waals surface area contributed by atoms with E-state index in [1.165, 1.54) is 0 Å². The van der Waals surface area contributed by atoms with E-state index in [2.05, 4.69) is 15.1 Å². The zero-order chi connectivity index (χ0) is 20.8. The number of alkyl halides is 2. The van der Waals surface area contributed by atoms with Crippen molar-refractivity contribution in [3.05, 3.63) is 46.7 Å². The minimum absolute atomic E-state index is 0.0855. The number of fused-ring (bicyclic) bond motifs is 1. The molecule has 8 nitrogen and oxygen atoms in total. The van der Waals surface area contributed by atoms with Gasteiger partial charge in [0, 0.05) is 18.6 Å². The Hall–Kier alpha value is -2.85. The van der Waals surface area contributed by atoms with Crippen LogP contribution in [-0.4, -0.2) is 38.7 Å². The summed E-state index contributed by atoms with van der Waals surface area (Å²) in [6, 6.07) is 9.83. The molecule has 0 atom stereocenters. The van der Waals surface area contributed by atoms with E-state index in [0.29, 0.717) is 25.9 Å².